The van der Waals surface area contributed by atoms with Crippen molar-refractivity contribution in [2.45, 2.75) is 33.1 Å². The van der Waals surface area contributed by atoms with Crippen molar-refractivity contribution in [3.63, 3.8) is 0 Å². The Kier molecular flexibility index (Phi) is 4.27. The lowest BCUT2D eigenvalue weighted by Crippen LogP contribution is -2.10. The lowest BCUT2D eigenvalue weighted by atomic mass is 9.87. The van der Waals surface area contributed by atoms with E-state index in [1.807, 2.05) is 0 Å². The summed E-state index contributed by atoms with van der Waals surface area (Å²) in [6, 6.07) is 16.9. The zero-order valence-corrected chi connectivity index (χ0v) is 13.0. The minimum Gasteiger partial charge on any atom is -0.472 e. The Labute approximate surface area is 117 Å². The van der Waals surface area contributed by atoms with Gasteiger partial charge in [0.2, 0.25) is 0 Å². The molecule has 0 amide bonds. The van der Waals surface area contributed by atoms with Crippen LogP contribution in [0.1, 0.15) is 31.9 Å². The van der Waals surface area contributed by atoms with Gasteiger partial charge in [-0.25, -0.2) is 0 Å². The quantitative estimate of drug-likeness (QED) is 0.742. The number of benzene rings is 2. The molecule has 1 atom stereocenters. The van der Waals surface area contributed by atoms with E-state index < -0.39 is 0 Å². The van der Waals surface area contributed by atoms with Gasteiger partial charge in [0.05, 0.1) is 0 Å². The van der Waals surface area contributed by atoms with Crippen LogP contribution in [0.2, 0.25) is 0 Å². The van der Waals surface area contributed by atoms with Gasteiger partial charge in [-0.05, 0) is 30.0 Å². The topological polar surface area (TPSA) is 9.23 Å². The number of hydrogen-bond acceptors (Lipinski definition) is 1. The Balaban J connectivity index is 1.98. The van der Waals surface area contributed by atoms with Gasteiger partial charge in [-0.15, -0.1) is 0 Å². The van der Waals surface area contributed by atoms with Gasteiger partial charge < -0.3 is 4.52 Å². The molecule has 0 fully saturated rings. The predicted octanol–water partition coefficient (Wildman–Crippen LogP) is 4.59. The molecule has 1 nitrogen and oxygen atoms in total. The molecule has 0 saturated carbocycles. The van der Waals surface area contributed by atoms with E-state index in [-0.39, 0.29) is 5.41 Å². The van der Waals surface area contributed by atoms with Crippen LogP contribution in [0.5, 0.6) is 5.75 Å². The van der Waals surface area contributed by atoms with E-state index in [1.54, 1.807) is 0 Å². The fourth-order valence-corrected chi connectivity index (χ4v) is 2.44. The first-order valence-corrected chi connectivity index (χ1v) is 7.46. The smallest absolute Gasteiger partial charge is 0.123 e. The van der Waals surface area contributed by atoms with E-state index in [4.69, 9.17) is 4.52 Å². The van der Waals surface area contributed by atoms with Crippen LogP contribution in [0, 0.1) is 6.92 Å². The number of rotatable bonds is 3. The van der Waals surface area contributed by atoms with Crippen LogP contribution in [-0.2, 0) is 5.41 Å². The zero-order valence-electron chi connectivity index (χ0n) is 12.0. The largest absolute Gasteiger partial charge is 0.472 e. The summed E-state index contributed by atoms with van der Waals surface area (Å²) >= 11 is 0. The molecule has 2 aromatic carbocycles. The van der Waals surface area contributed by atoms with Crippen LogP contribution in [0.15, 0.2) is 48.5 Å². The van der Waals surface area contributed by atoms with Crippen molar-refractivity contribution in [2.24, 2.45) is 0 Å². The summed E-state index contributed by atoms with van der Waals surface area (Å²) in [7, 11) is 0.362. The molecule has 19 heavy (non-hydrogen) atoms. The summed E-state index contributed by atoms with van der Waals surface area (Å²) in [4.78, 5) is 0. The highest BCUT2D eigenvalue weighted by Gasteiger charge is 2.12. The maximum Gasteiger partial charge on any atom is 0.123 e. The van der Waals surface area contributed by atoms with Gasteiger partial charge in [0, 0.05) is 5.30 Å². The summed E-state index contributed by atoms with van der Waals surface area (Å²) in [5.74, 6) is 0.937. The molecule has 0 aliphatic rings. The van der Waals surface area contributed by atoms with Crippen LogP contribution >= 0.6 is 8.81 Å². The monoisotopic (exact) mass is 272 g/mol. The van der Waals surface area contributed by atoms with Crippen LogP contribution < -0.4 is 9.83 Å². The first kappa shape index (κ1) is 14.1. The van der Waals surface area contributed by atoms with E-state index in [9.17, 15) is 0 Å². The highest BCUT2D eigenvalue weighted by molar-refractivity contribution is 7.42. The molecule has 2 rings (SSSR count). The highest BCUT2D eigenvalue weighted by atomic mass is 31.1. The fraction of sp³-hybridized carbons (Fsp3) is 0.294. The van der Waals surface area contributed by atoms with Gasteiger partial charge in [-0.3, -0.25) is 0 Å². The maximum atomic E-state index is 5.83. The molecule has 0 radical (unpaired) electrons. The molecule has 0 aliphatic carbocycles. The van der Waals surface area contributed by atoms with Gasteiger partial charge in [0.1, 0.15) is 14.6 Å². The Bertz CT molecular complexity index is 521. The molecule has 0 saturated heterocycles. The normalized spacial score (nSPS) is 12.0. The van der Waals surface area contributed by atoms with Crippen molar-refractivity contribution >= 4 is 14.1 Å². The molecule has 0 spiro atoms. The molecule has 100 valence electrons. The molecular formula is C17H21OP. The minimum atomic E-state index is 0.192. The number of aryl methyl sites for hydroxylation is 1. The summed E-state index contributed by atoms with van der Waals surface area (Å²) in [6.07, 6.45) is 0. The third-order valence-electron chi connectivity index (χ3n) is 3.06. The first-order chi connectivity index (χ1) is 8.95. The van der Waals surface area contributed by atoms with Gasteiger partial charge in [0.15, 0.2) is 0 Å². The lowest BCUT2D eigenvalue weighted by molar-refractivity contribution is 0.586. The Morgan fingerprint density at radius 2 is 1.42 bits per heavy atom. The van der Waals surface area contributed by atoms with Gasteiger partial charge in [-0.1, -0.05) is 62.7 Å². The fourth-order valence-electron chi connectivity index (χ4n) is 1.76. The van der Waals surface area contributed by atoms with E-state index in [0.29, 0.717) is 8.81 Å². The second kappa shape index (κ2) is 5.75. The van der Waals surface area contributed by atoms with E-state index in [2.05, 4.69) is 76.2 Å². The summed E-state index contributed by atoms with van der Waals surface area (Å²) in [6.45, 7) is 8.75. The van der Waals surface area contributed by atoms with E-state index >= 15 is 0 Å². The molecular weight excluding hydrogens is 251 g/mol. The highest BCUT2D eigenvalue weighted by Crippen LogP contribution is 2.26. The molecule has 0 N–H and O–H groups in total. The van der Waals surface area contributed by atoms with Crippen LogP contribution in [0.25, 0.3) is 0 Å². The van der Waals surface area contributed by atoms with Gasteiger partial charge in [-0.2, -0.15) is 0 Å². The number of hydrogen-bond donors (Lipinski definition) is 0. The SMILES string of the molecule is Cc1ccc(POc2ccc(C(C)(C)C)cc2)cc1. The molecule has 0 heterocycles. The third kappa shape index (κ3) is 4.08. The molecule has 0 aromatic heterocycles. The molecule has 0 aliphatic heterocycles. The lowest BCUT2D eigenvalue weighted by Gasteiger charge is -2.19. The minimum absolute atomic E-state index is 0.192. The van der Waals surface area contributed by atoms with E-state index in [1.165, 1.54) is 16.4 Å². The third-order valence-corrected chi connectivity index (χ3v) is 3.97. The molecule has 2 aromatic rings. The van der Waals surface area contributed by atoms with Crippen molar-refractivity contribution in [2.75, 3.05) is 0 Å². The maximum absolute atomic E-state index is 5.83. The van der Waals surface area contributed by atoms with Crippen molar-refractivity contribution in [3.8, 4) is 5.75 Å². The molecule has 2 heteroatoms. The summed E-state index contributed by atoms with van der Waals surface area (Å²) < 4.78 is 5.83. The first-order valence-electron chi connectivity index (χ1n) is 6.55. The predicted molar refractivity (Wildman–Crippen MR) is 84.9 cm³/mol. The van der Waals surface area contributed by atoms with Gasteiger partial charge in [0.25, 0.3) is 0 Å². The Morgan fingerprint density at radius 3 is 1.95 bits per heavy atom. The summed E-state index contributed by atoms with van der Waals surface area (Å²) in [5.41, 5.74) is 2.80. The van der Waals surface area contributed by atoms with Crippen molar-refractivity contribution in [1.82, 2.24) is 0 Å². The Morgan fingerprint density at radius 1 is 0.842 bits per heavy atom. The van der Waals surface area contributed by atoms with Crippen LogP contribution in [0.4, 0.5) is 0 Å². The zero-order chi connectivity index (χ0) is 13.9. The van der Waals surface area contributed by atoms with Crippen molar-refractivity contribution < 1.29 is 4.52 Å². The molecule has 0 bridgehead atoms. The molecule has 1 unspecified atom stereocenters. The van der Waals surface area contributed by atoms with Crippen LogP contribution in [0.3, 0.4) is 0 Å². The van der Waals surface area contributed by atoms with Gasteiger partial charge >= 0.3 is 0 Å². The average molecular weight is 272 g/mol. The Hall–Kier alpha value is -1.33. The van der Waals surface area contributed by atoms with E-state index in [0.717, 1.165) is 5.75 Å². The van der Waals surface area contributed by atoms with Crippen LogP contribution in [-0.4, -0.2) is 0 Å². The standard InChI is InChI=1S/C17H21OP/c1-13-5-11-16(12-6-13)19-18-15-9-7-14(8-10-15)17(2,3)4/h5-12,19H,1-4H3. The van der Waals surface area contributed by atoms with Crippen molar-refractivity contribution in [1.29, 1.82) is 0 Å². The average Bonchev–Trinajstić information content (AvgIpc) is 2.37. The summed E-state index contributed by atoms with van der Waals surface area (Å²) in [5, 5.41) is 1.23. The van der Waals surface area contributed by atoms with Crippen molar-refractivity contribution in [3.05, 3.63) is 59.7 Å². The second-order valence-electron chi connectivity index (χ2n) is 5.84. The second-order valence-corrected chi connectivity index (χ2v) is 6.83.